The van der Waals surface area contributed by atoms with E-state index in [9.17, 15) is 4.79 Å². The number of hydrogen-bond acceptors (Lipinski definition) is 4. The van der Waals surface area contributed by atoms with Crippen LogP contribution in [-0.4, -0.2) is 55.6 Å². The Bertz CT molecular complexity index is 648. The third-order valence-electron chi connectivity index (χ3n) is 7.47. The number of rotatable bonds is 8. The largest absolute Gasteiger partial charge is 0.384 e. The van der Waals surface area contributed by atoms with Crippen molar-refractivity contribution in [3.63, 3.8) is 0 Å². The molecule has 0 aromatic heterocycles. The van der Waals surface area contributed by atoms with E-state index in [1.54, 1.807) is 6.92 Å². The van der Waals surface area contributed by atoms with Crippen LogP contribution in [0.1, 0.15) is 56.9 Å². The number of nitrogens with zero attached hydrogens (tertiary/aromatic N) is 1. The fraction of sp³-hybridized carbons (Fsp3) is 0.696. The number of benzene rings is 1. The molecule has 4 rings (SSSR count). The molecule has 1 aliphatic heterocycles. The molecule has 2 atom stereocenters. The third kappa shape index (κ3) is 3.72. The summed E-state index contributed by atoms with van der Waals surface area (Å²) in [6.45, 7) is 5.67. The summed E-state index contributed by atoms with van der Waals surface area (Å²) in [6.07, 6.45) is 6.78. The molecule has 4 heteroatoms. The normalized spacial score (nSPS) is 29.1. The van der Waals surface area contributed by atoms with E-state index in [4.69, 9.17) is 4.74 Å². The zero-order chi connectivity index (χ0) is 18.9. The lowest BCUT2D eigenvalue weighted by Gasteiger charge is -2.53. The van der Waals surface area contributed by atoms with Gasteiger partial charge in [-0.05, 0) is 64.1 Å². The number of carbonyl (C=O) groups excluding carboxylic acids is 1. The van der Waals surface area contributed by atoms with Gasteiger partial charge in [-0.1, -0.05) is 30.3 Å². The molecule has 0 radical (unpaired) electrons. The maximum Gasteiger partial charge on any atom is 0.150 e. The Morgan fingerprint density at radius 2 is 1.89 bits per heavy atom. The van der Waals surface area contributed by atoms with Gasteiger partial charge < -0.3 is 10.1 Å². The van der Waals surface area contributed by atoms with Gasteiger partial charge in [0.15, 0.2) is 0 Å². The van der Waals surface area contributed by atoms with E-state index >= 15 is 0 Å². The van der Waals surface area contributed by atoms with Crippen molar-refractivity contribution in [3.05, 3.63) is 35.9 Å². The molecular weight excluding hydrogens is 336 g/mol. The van der Waals surface area contributed by atoms with Crippen LogP contribution in [0.25, 0.3) is 0 Å². The number of carbonyl (C=O) groups is 1. The number of ketones is 1. The van der Waals surface area contributed by atoms with Crippen LogP contribution in [0.15, 0.2) is 30.3 Å². The zero-order valence-electron chi connectivity index (χ0n) is 16.9. The maximum absolute atomic E-state index is 12.2. The van der Waals surface area contributed by atoms with Crippen molar-refractivity contribution in [1.29, 1.82) is 0 Å². The smallest absolute Gasteiger partial charge is 0.150 e. The Morgan fingerprint density at radius 3 is 2.44 bits per heavy atom. The van der Waals surface area contributed by atoms with Gasteiger partial charge in [-0.2, -0.15) is 0 Å². The highest BCUT2D eigenvalue weighted by atomic mass is 16.5. The molecule has 27 heavy (non-hydrogen) atoms. The van der Waals surface area contributed by atoms with Gasteiger partial charge in [0.05, 0.1) is 12.1 Å². The van der Waals surface area contributed by atoms with E-state index in [-0.39, 0.29) is 11.0 Å². The van der Waals surface area contributed by atoms with E-state index in [1.165, 1.54) is 18.4 Å². The van der Waals surface area contributed by atoms with Crippen LogP contribution in [-0.2, 0) is 9.53 Å². The van der Waals surface area contributed by atoms with Gasteiger partial charge in [0, 0.05) is 31.0 Å². The molecule has 1 aromatic rings. The van der Waals surface area contributed by atoms with Gasteiger partial charge in [-0.15, -0.1) is 0 Å². The summed E-state index contributed by atoms with van der Waals surface area (Å²) >= 11 is 0. The minimum absolute atomic E-state index is 0.137. The van der Waals surface area contributed by atoms with Crippen LogP contribution >= 0.6 is 0 Å². The second kappa shape index (κ2) is 7.65. The number of piperidine rings is 1. The van der Waals surface area contributed by atoms with Gasteiger partial charge >= 0.3 is 0 Å². The van der Waals surface area contributed by atoms with Crippen molar-refractivity contribution >= 4 is 5.78 Å². The topological polar surface area (TPSA) is 41.6 Å². The minimum Gasteiger partial charge on any atom is -0.384 e. The van der Waals surface area contributed by atoms with Crippen molar-refractivity contribution in [2.45, 2.75) is 62.9 Å². The number of methoxy groups -OCH3 is 1. The fourth-order valence-corrected chi connectivity index (χ4v) is 5.33. The first-order chi connectivity index (χ1) is 13.1. The predicted octanol–water partition coefficient (Wildman–Crippen LogP) is 3.37. The molecule has 148 valence electrons. The molecule has 0 bridgehead atoms. The van der Waals surface area contributed by atoms with Gasteiger partial charge in [0.1, 0.15) is 5.78 Å². The fourth-order valence-electron chi connectivity index (χ4n) is 5.33. The van der Waals surface area contributed by atoms with Crippen LogP contribution in [0, 0.1) is 5.41 Å². The van der Waals surface area contributed by atoms with Gasteiger partial charge in [0.25, 0.3) is 0 Å². The lowest BCUT2D eigenvalue weighted by Crippen LogP contribution is -2.62. The first kappa shape index (κ1) is 19.1. The number of likely N-dealkylation sites (tertiary alicyclic amines) is 1. The standard InChI is InChI=1S/C23H34N2O2/c1-18(26)23(9-6-10-23)25-13-11-22(12-14-25,17-27-2)16-24-21-15-20(21)19-7-4-3-5-8-19/h3-5,7-8,20-21,24H,6,9-17H2,1-2H3/t20?,21-/m1/s1. The second-order valence-corrected chi connectivity index (χ2v) is 9.10. The molecular formula is C23H34N2O2. The summed E-state index contributed by atoms with van der Waals surface area (Å²) in [7, 11) is 1.82. The van der Waals surface area contributed by atoms with Crippen molar-refractivity contribution in [1.82, 2.24) is 10.2 Å². The van der Waals surface area contributed by atoms with E-state index in [0.29, 0.717) is 17.7 Å². The minimum atomic E-state index is -0.137. The molecule has 0 spiro atoms. The predicted molar refractivity (Wildman–Crippen MR) is 108 cm³/mol. The van der Waals surface area contributed by atoms with Crippen LogP contribution in [0.2, 0.25) is 0 Å². The number of Topliss-reactive ketones (excluding diaryl/α,β-unsaturated/α-hetero) is 1. The van der Waals surface area contributed by atoms with Crippen LogP contribution < -0.4 is 5.32 Å². The summed E-state index contributed by atoms with van der Waals surface area (Å²) in [4.78, 5) is 14.7. The van der Waals surface area contributed by atoms with Crippen LogP contribution in [0.4, 0.5) is 0 Å². The van der Waals surface area contributed by atoms with Crippen LogP contribution in [0.3, 0.4) is 0 Å². The lowest BCUT2D eigenvalue weighted by atomic mass is 9.69. The summed E-state index contributed by atoms with van der Waals surface area (Å²) in [6, 6.07) is 11.5. The summed E-state index contributed by atoms with van der Waals surface area (Å²) in [5, 5.41) is 3.84. The maximum atomic E-state index is 12.2. The summed E-state index contributed by atoms with van der Waals surface area (Å²) in [5.74, 6) is 1.04. The molecule has 1 N–H and O–H groups in total. The highest BCUT2D eigenvalue weighted by Crippen LogP contribution is 2.44. The summed E-state index contributed by atoms with van der Waals surface area (Å²) < 4.78 is 5.63. The Balaban J connectivity index is 1.33. The van der Waals surface area contributed by atoms with Crippen molar-refractivity contribution < 1.29 is 9.53 Å². The molecule has 0 amide bonds. The number of nitrogens with one attached hydrogen (secondary N) is 1. The van der Waals surface area contributed by atoms with Crippen molar-refractivity contribution in [3.8, 4) is 0 Å². The first-order valence-corrected chi connectivity index (χ1v) is 10.6. The lowest BCUT2D eigenvalue weighted by molar-refractivity contribution is -0.138. The van der Waals surface area contributed by atoms with E-state index in [2.05, 4.69) is 40.5 Å². The van der Waals surface area contributed by atoms with E-state index in [1.807, 2.05) is 7.11 Å². The molecule has 4 nitrogen and oxygen atoms in total. The number of hydrogen-bond donors (Lipinski definition) is 1. The van der Waals surface area contributed by atoms with E-state index in [0.717, 1.165) is 51.9 Å². The molecule has 3 aliphatic rings. The van der Waals surface area contributed by atoms with Gasteiger partial charge in [-0.25, -0.2) is 0 Å². The van der Waals surface area contributed by atoms with Crippen molar-refractivity contribution in [2.75, 3.05) is 33.4 Å². The molecule has 1 unspecified atom stereocenters. The average Bonchev–Trinajstić information content (AvgIpc) is 3.41. The zero-order valence-corrected chi connectivity index (χ0v) is 16.9. The number of ether oxygens (including phenoxy) is 1. The molecule has 1 heterocycles. The van der Waals surface area contributed by atoms with Crippen LogP contribution in [0.5, 0.6) is 0 Å². The molecule has 2 saturated carbocycles. The molecule has 1 aromatic carbocycles. The third-order valence-corrected chi connectivity index (χ3v) is 7.47. The highest BCUT2D eigenvalue weighted by Gasteiger charge is 2.49. The quantitative estimate of drug-likeness (QED) is 0.762. The SMILES string of the molecule is COCC1(CN[C@@H]2CC2c2ccccc2)CCN(C2(C(C)=O)CCC2)CC1. The Hall–Kier alpha value is -1.23. The van der Waals surface area contributed by atoms with Crippen molar-refractivity contribution in [2.24, 2.45) is 5.41 Å². The second-order valence-electron chi connectivity index (χ2n) is 9.10. The van der Waals surface area contributed by atoms with E-state index < -0.39 is 0 Å². The highest BCUT2D eigenvalue weighted by molar-refractivity contribution is 5.87. The monoisotopic (exact) mass is 370 g/mol. The first-order valence-electron chi connectivity index (χ1n) is 10.6. The molecule has 3 fully saturated rings. The van der Waals surface area contributed by atoms with Gasteiger partial charge in [-0.3, -0.25) is 9.69 Å². The Morgan fingerprint density at radius 1 is 1.19 bits per heavy atom. The molecule has 1 saturated heterocycles. The average molecular weight is 371 g/mol. The van der Waals surface area contributed by atoms with Gasteiger partial charge in [0.2, 0.25) is 0 Å². The Kier molecular flexibility index (Phi) is 5.41. The Labute approximate surface area is 163 Å². The summed E-state index contributed by atoms with van der Waals surface area (Å²) in [5.41, 5.74) is 1.53. The molecule has 2 aliphatic carbocycles.